The molecule has 22 heavy (non-hydrogen) atoms. The lowest BCUT2D eigenvalue weighted by Crippen LogP contribution is -2.29. The van der Waals surface area contributed by atoms with Crippen LogP contribution in [0.25, 0.3) is 0 Å². The highest BCUT2D eigenvalue weighted by molar-refractivity contribution is 6.31. The molecular weight excluding hydrogens is 313 g/mol. The smallest absolute Gasteiger partial charge is 0.0554 e. The number of nitrogens with one attached hydrogen (secondary N) is 1. The van der Waals surface area contributed by atoms with Gasteiger partial charge in [-0.25, -0.2) is 0 Å². The first-order valence-corrected chi connectivity index (χ1v) is 8.38. The molecule has 0 aromatic heterocycles. The molecule has 1 aliphatic carbocycles. The van der Waals surface area contributed by atoms with E-state index in [1.807, 2.05) is 18.2 Å². The molecule has 1 N–H and O–H groups in total. The maximum Gasteiger partial charge on any atom is 0.0554 e. The lowest BCUT2D eigenvalue weighted by molar-refractivity contribution is 0.425. The fraction of sp³-hybridized carbons (Fsp3) is 0.263. The minimum absolute atomic E-state index is 0.310. The van der Waals surface area contributed by atoms with E-state index in [9.17, 15) is 0 Å². The van der Waals surface area contributed by atoms with Crippen LogP contribution in [0.2, 0.25) is 10.0 Å². The molecule has 0 radical (unpaired) electrons. The van der Waals surface area contributed by atoms with E-state index in [2.05, 4.69) is 42.6 Å². The van der Waals surface area contributed by atoms with Gasteiger partial charge >= 0.3 is 0 Å². The van der Waals surface area contributed by atoms with Crippen molar-refractivity contribution in [1.82, 2.24) is 0 Å². The topological polar surface area (TPSA) is 12.0 Å². The van der Waals surface area contributed by atoms with Gasteiger partial charge in [0.2, 0.25) is 0 Å². The Morgan fingerprint density at radius 1 is 1.05 bits per heavy atom. The SMILES string of the molecule is Cc1cc(Cl)cc2c1N[C@H](c1ccc(Cl)cc1)[C@H]1CC=C[C@H]21. The van der Waals surface area contributed by atoms with Gasteiger partial charge in [-0.3, -0.25) is 0 Å². The first-order chi connectivity index (χ1) is 10.6. The largest absolute Gasteiger partial charge is 0.377 e. The van der Waals surface area contributed by atoms with Crippen molar-refractivity contribution in [3.05, 3.63) is 75.3 Å². The first kappa shape index (κ1) is 14.2. The zero-order valence-electron chi connectivity index (χ0n) is 12.3. The van der Waals surface area contributed by atoms with Gasteiger partial charge < -0.3 is 5.32 Å². The second-order valence-electron chi connectivity index (χ2n) is 6.21. The van der Waals surface area contributed by atoms with Crippen molar-refractivity contribution in [2.75, 3.05) is 5.32 Å². The molecular formula is C19H17Cl2N. The van der Waals surface area contributed by atoms with Gasteiger partial charge in [-0.05, 0) is 60.2 Å². The highest BCUT2D eigenvalue weighted by Gasteiger charge is 2.38. The predicted molar refractivity (Wildman–Crippen MR) is 94.0 cm³/mol. The summed E-state index contributed by atoms with van der Waals surface area (Å²) in [6.45, 7) is 2.12. The fourth-order valence-corrected chi connectivity index (χ4v) is 4.25. The number of benzene rings is 2. The Kier molecular flexibility index (Phi) is 3.43. The molecule has 0 amide bonds. The zero-order chi connectivity index (χ0) is 15.3. The predicted octanol–water partition coefficient (Wildman–Crippen LogP) is 6.13. The van der Waals surface area contributed by atoms with E-state index in [4.69, 9.17) is 23.2 Å². The first-order valence-electron chi connectivity index (χ1n) is 7.62. The summed E-state index contributed by atoms with van der Waals surface area (Å²) in [5.41, 5.74) is 5.06. The van der Waals surface area contributed by atoms with Crippen LogP contribution >= 0.6 is 23.2 Å². The summed E-state index contributed by atoms with van der Waals surface area (Å²) in [5.74, 6) is 0.973. The van der Waals surface area contributed by atoms with Crippen molar-refractivity contribution in [3.63, 3.8) is 0 Å². The van der Waals surface area contributed by atoms with Crippen LogP contribution in [0.3, 0.4) is 0 Å². The van der Waals surface area contributed by atoms with Crippen molar-refractivity contribution >= 4 is 28.9 Å². The average molecular weight is 330 g/mol. The minimum Gasteiger partial charge on any atom is -0.377 e. The Labute approximate surface area is 140 Å². The van der Waals surface area contributed by atoms with Crippen molar-refractivity contribution in [1.29, 1.82) is 0 Å². The van der Waals surface area contributed by atoms with Crippen LogP contribution in [-0.4, -0.2) is 0 Å². The molecule has 1 nitrogen and oxygen atoms in total. The number of halogens is 2. The van der Waals surface area contributed by atoms with Crippen LogP contribution < -0.4 is 5.32 Å². The normalized spacial score (nSPS) is 25.5. The number of aryl methyl sites for hydroxylation is 1. The summed E-state index contributed by atoms with van der Waals surface area (Å²) < 4.78 is 0. The average Bonchev–Trinajstić information content (AvgIpc) is 2.97. The summed E-state index contributed by atoms with van der Waals surface area (Å²) in [5, 5.41) is 5.36. The summed E-state index contributed by atoms with van der Waals surface area (Å²) in [6.07, 6.45) is 5.73. The molecule has 3 heteroatoms. The molecule has 4 rings (SSSR count). The van der Waals surface area contributed by atoms with Crippen LogP contribution in [0.4, 0.5) is 5.69 Å². The maximum atomic E-state index is 6.28. The quantitative estimate of drug-likeness (QED) is 0.620. The van der Waals surface area contributed by atoms with E-state index in [0.29, 0.717) is 17.9 Å². The van der Waals surface area contributed by atoms with Gasteiger partial charge in [0.15, 0.2) is 0 Å². The van der Waals surface area contributed by atoms with Gasteiger partial charge in [0.25, 0.3) is 0 Å². The maximum absolute atomic E-state index is 6.28. The lowest BCUT2D eigenvalue weighted by Gasteiger charge is -2.38. The highest BCUT2D eigenvalue weighted by atomic mass is 35.5. The molecule has 112 valence electrons. The van der Waals surface area contributed by atoms with Crippen molar-refractivity contribution < 1.29 is 0 Å². The van der Waals surface area contributed by atoms with E-state index in [1.54, 1.807) is 0 Å². The molecule has 1 aliphatic heterocycles. The summed E-state index contributed by atoms with van der Waals surface area (Å²) in [4.78, 5) is 0. The second-order valence-corrected chi connectivity index (χ2v) is 7.09. The van der Waals surface area contributed by atoms with Crippen LogP contribution in [0.15, 0.2) is 48.6 Å². The third-order valence-corrected chi connectivity index (χ3v) is 5.33. The molecule has 0 saturated heterocycles. The number of anilines is 1. The Morgan fingerprint density at radius 3 is 2.59 bits per heavy atom. The molecule has 0 saturated carbocycles. The Hall–Kier alpha value is -1.44. The molecule has 0 spiro atoms. The van der Waals surface area contributed by atoms with Gasteiger partial charge in [-0.1, -0.05) is 47.5 Å². The lowest BCUT2D eigenvalue weighted by atomic mass is 9.76. The second kappa shape index (κ2) is 5.33. The molecule has 2 aliphatic rings. The fourth-order valence-electron chi connectivity index (χ4n) is 3.84. The van der Waals surface area contributed by atoms with Gasteiger partial charge in [0, 0.05) is 21.7 Å². The third-order valence-electron chi connectivity index (χ3n) is 4.86. The van der Waals surface area contributed by atoms with Crippen molar-refractivity contribution in [2.45, 2.75) is 25.3 Å². The Balaban J connectivity index is 1.82. The van der Waals surface area contributed by atoms with Gasteiger partial charge in [-0.2, -0.15) is 0 Å². The minimum atomic E-state index is 0.310. The van der Waals surface area contributed by atoms with E-state index in [1.165, 1.54) is 22.4 Å². The molecule has 0 fully saturated rings. The van der Waals surface area contributed by atoms with Crippen LogP contribution in [0.1, 0.15) is 35.1 Å². The molecule has 2 aromatic carbocycles. The number of fused-ring (bicyclic) bond motifs is 3. The molecule has 0 bridgehead atoms. The number of allylic oxidation sites excluding steroid dienone is 2. The third kappa shape index (κ3) is 2.24. The van der Waals surface area contributed by atoms with E-state index >= 15 is 0 Å². The monoisotopic (exact) mass is 329 g/mol. The van der Waals surface area contributed by atoms with Crippen molar-refractivity contribution in [2.24, 2.45) is 5.92 Å². The van der Waals surface area contributed by atoms with Crippen LogP contribution in [0.5, 0.6) is 0 Å². The summed E-state index contributed by atoms with van der Waals surface area (Å²) >= 11 is 12.3. The van der Waals surface area contributed by atoms with Gasteiger partial charge in [0.05, 0.1) is 6.04 Å². The number of rotatable bonds is 1. The molecule has 0 unspecified atom stereocenters. The summed E-state index contributed by atoms with van der Waals surface area (Å²) in [6, 6.07) is 12.7. The standard InChI is InChI=1S/C19H17Cl2N/c1-11-9-14(21)10-17-15-3-2-4-16(15)19(22-18(11)17)12-5-7-13(20)8-6-12/h2-3,5-10,15-16,19,22H,4H2,1H3/t15-,16-,19+/m0/s1. The van der Waals surface area contributed by atoms with E-state index in [0.717, 1.165) is 16.5 Å². The Morgan fingerprint density at radius 2 is 1.82 bits per heavy atom. The molecule has 1 heterocycles. The number of hydrogen-bond acceptors (Lipinski definition) is 1. The zero-order valence-corrected chi connectivity index (χ0v) is 13.8. The Bertz CT molecular complexity index is 749. The summed E-state index contributed by atoms with van der Waals surface area (Å²) in [7, 11) is 0. The van der Waals surface area contributed by atoms with E-state index in [-0.39, 0.29) is 0 Å². The molecule has 2 aromatic rings. The molecule has 3 atom stereocenters. The van der Waals surface area contributed by atoms with Crippen molar-refractivity contribution in [3.8, 4) is 0 Å². The number of hydrogen-bond donors (Lipinski definition) is 1. The van der Waals surface area contributed by atoms with Gasteiger partial charge in [-0.15, -0.1) is 0 Å². The van der Waals surface area contributed by atoms with Crippen LogP contribution in [0, 0.1) is 12.8 Å². The van der Waals surface area contributed by atoms with Crippen LogP contribution in [-0.2, 0) is 0 Å². The van der Waals surface area contributed by atoms with Gasteiger partial charge in [0.1, 0.15) is 0 Å². The highest BCUT2D eigenvalue weighted by Crippen LogP contribution is 2.51. The van der Waals surface area contributed by atoms with E-state index < -0.39 is 0 Å².